The van der Waals surface area contributed by atoms with Crippen LogP contribution in [0.1, 0.15) is 68.6 Å². The number of benzene rings is 2. The Morgan fingerprint density at radius 1 is 0.763 bits per heavy atom. The minimum Gasteiger partial charge on any atom is -0.344 e. The Labute approximate surface area is 222 Å². The van der Waals surface area contributed by atoms with E-state index >= 15 is 0 Å². The summed E-state index contributed by atoms with van der Waals surface area (Å²) in [6, 6.07) is 20.7. The van der Waals surface area contributed by atoms with Gasteiger partial charge in [-0.05, 0) is 47.9 Å². The quantitative estimate of drug-likeness (QED) is 0.297. The molecule has 4 nitrogen and oxygen atoms in total. The van der Waals surface area contributed by atoms with Crippen LogP contribution in [0.5, 0.6) is 0 Å². The van der Waals surface area contributed by atoms with Crippen molar-refractivity contribution in [3.05, 3.63) is 118 Å². The Balaban J connectivity index is 0.000000158. The highest BCUT2D eigenvalue weighted by atomic mass is 19.1. The van der Waals surface area contributed by atoms with Crippen LogP contribution < -0.4 is 0 Å². The number of nitrogens with zero attached hydrogens (tertiary/aromatic N) is 2. The van der Waals surface area contributed by atoms with E-state index in [1.807, 2.05) is 70.1 Å². The fourth-order valence-electron chi connectivity index (χ4n) is 4.68. The lowest BCUT2D eigenvalue weighted by Gasteiger charge is -2.19. The number of fused-ring (bicyclic) bond motifs is 2. The molecule has 2 aliphatic heterocycles. The van der Waals surface area contributed by atoms with Crippen LogP contribution in [0.4, 0.5) is 4.39 Å². The van der Waals surface area contributed by atoms with Crippen LogP contribution >= 0.6 is 0 Å². The molecule has 0 aliphatic carbocycles. The van der Waals surface area contributed by atoms with E-state index in [2.05, 4.69) is 30.6 Å². The van der Waals surface area contributed by atoms with Gasteiger partial charge in [0.05, 0.1) is 11.4 Å². The van der Waals surface area contributed by atoms with Gasteiger partial charge < -0.3 is 9.13 Å². The molecule has 0 bridgehead atoms. The number of aromatic nitrogens is 2. The number of Topliss-reactive ketones (excluding diaryl/α,β-unsaturated/α-hetero) is 2. The summed E-state index contributed by atoms with van der Waals surface area (Å²) in [6.45, 7) is 3.25. The number of carbonyl (C=O) groups is 2. The van der Waals surface area contributed by atoms with E-state index in [0.29, 0.717) is 24.3 Å². The smallest absolute Gasteiger partial charge is 0.181 e. The van der Waals surface area contributed by atoms with Crippen molar-refractivity contribution in [3.63, 3.8) is 0 Å². The molecule has 0 saturated heterocycles. The number of aryl methyl sites for hydroxylation is 1. The minimum atomic E-state index is -0.484. The molecule has 6 rings (SSSR count). The van der Waals surface area contributed by atoms with E-state index in [-0.39, 0.29) is 11.6 Å². The standard InChI is InChI=1S/C18H16FNO.C15H11NO/c1-13-7-18(21)17-9-16(12-20(17)11-13)6-5-14-3-2-4-15(8-14)10-19;17-15-8-9-16-11-13(10-14(15)16)7-6-12-4-2-1-3-5-12/h2-4,8-9,12-13H,7,10-11H2,1H3;1-5,10-11H,8-9H2. The predicted molar refractivity (Wildman–Crippen MR) is 146 cm³/mol. The van der Waals surface area contributed by atoms with Crippen molar-refractivity contribution in [1.82, 2.24) is 9.13 Å². The molecule has 0 amide bonds. The molecule has 2 aromatic heterocycles. The predicted octanol–water partition coefficient (Wildman–Crippen LogP) is 6.05. The summed E-state index contributed by atoms with van der Waals surface area (Å²) in [4.78, 5) is 23.4. The summed E-state index contributed by atoms with van der Waals surface area (Å²) in [7, 11) is 0. The van der Waals surface area contributed by atoms with E-state index in [9.17, 15) is 14.0 Å². The van der Waals surface area contributed by atoms with Crippen LogP contribution in [-0.4, -0.2) is 20.7 Å². The first-order valence-electron chi connectivity index (χ1n) is 12.7. The van der Waals surface area contributed by atoms with Crippen molar-refractivity contribution in [2.75, 3.05) is 0 Å². The first-order chi connectivity index (χ1) is 18.5. The Hall–Kier alpha value is -4.61. The Morgan fingerprint density at radius 2 is 1.39 bits per heavy atom. The van der Waals surface area contributed by atoms with Gasteiger partial charge >= 0.3 is 0 Å². The van der Waals surface area contributed by atoms with Crippen LogP contribution in [-0.2, 0) is 19.8 Å². The summed E-state index contributed by atoms with van der Waals surface area (Å²) in [5.41, 5.74) is 5.69. The Morgan fingerprint density at radius 3 is 2.11 bits per heavy atom. The number of halogens is 1. The van der Waals surface area contributed by atoms with Crippen LogP contribution in [0.15, 0.2) is 79.1 Å². The number of carbonyl (C=O) groups excluding carboxylic acids is 2. The molecule has 0 spiro atoms. The summed E-state index contributed by atoms with van der Waals surface area (Å²) < 4.78 is 16.6. The van der Waals surface area contributed by atoms with Crippen molar-refractivity contribution < 1.29 is 14.0 Å². The maximum Gasteiger partial charge on any atom is 0.181 e. The van der Waals surface area contributed by atoms with E-state index in [1.54, 1.807) is 18.2 Å². The zero-order valence-corrected chi connectivity index (χ0v) is 21.2. The van der Waals surface area contributed by atoms with Gasteiger partial charge in [0, 0.05) is 60.6 Å². The van der Waals surface area contributed by atoms with Gasteiger partial charge in [0.1, 0.15) is 6.67 Å². The molecule has 2 aliphatic rings. The lowest BCUT2D eigenvalue weighted by atomic mass is 9.99. The van der Waals surface area contributed by atoms with Crippen LogP contribution in [0.2, 0.25) is 0 Å². The van der Waals surface area contributed by atoms with Crippen molar-refractivity contribution in [2.24, 2.45) is 5.92 Å². The number of hydrogen-bond acceptors (Lipinski definition) is 2. The van der Waals surface area contributed by atoms with E-state index in [4.69, 9.17) is 0 Å². The molecule has 38 heavy (non-hydrogen) atoms. The second kappa shape index (κ2) is 11.2. The molecular weight excluding hydrogens is 475 g/mol. The number of hydrogen-bond donors (Lipinski definition) is 0. The fraction of sp³-hybridized carbons (Fsp3) is 0.212. The highest BCUT2D eigenvalue weighted by Gasteiger charge is 2.22. The molecule has 0 radical (unpaired) electrons. The number of alkyl halides is 1. The highest BCUT2D eigenvalue weighted by molar-refractivity contribution is 5.97. The van der Waals surface area contributed by atoms with Crippen molar-refractivity contribution >= 4 is 11.6 Å². The summed E-state index contributed by atoms with van der Waals surface area (Å²) >= 11 is 0. The Bertz CT molecular complexity index is 1620. The molecule has 0 fully saturated rings. The maximum absolute atomic E-state index is 12.6. The summed E-state index contributed by atoms with van der Waals surface area (Å²) in [5, 5.41) is 0. The monoisotopic (exact) mass is 502 g/mol. The van der Waals surface area contributed by atoms with Gasteiger partial charge in [-0.1, -0.05) is 60.9 Å². The van der Waals surface area contributed by atoms with Crippen LogP contribution in [0, 0.1) is 29.6 Å². The normalized spacial score (nSPS) is 15.3. The molecule has 188 valence electrons. The van der Waals surface area contributed by atoms with E-state index < -0.39 is 6.67 Å². The van der Waals surface area contributed by atoms with Crippen molar-refractivity contribution in [1.29, 1.82) is 0 Å². The van der Waals surface area contributed by atoms with Gasteiger partial charge in [-0.25, -0.2) is 4.39 Å². The molecule has 0 N–H and O–H groups in total. The number of rotatable bonds is 1. The molecule has 4 aromatic rings. The summed E-state index contributed by atoms with van der Waals surface area (Å²) in [5.74, 6) is 13.0. The third-order valence-electron chi connectivity index (χ3n) is 6.54. The van der Waals surface area contributed by atoms with Gasteiger partial charge in [0.2, 0.25) is 0 Å². The maximum atomic E-state index is 12.6. The average molecular weight is 503 g/mol. The van der Waals surface area contributed by atoms with Gasteiger partial charge in [-0.2, -0.15) is 0 Å². The SMILES string of the molecule is CC1CC(=O)c2cc(C#Cc3cccc(CF)c3)cn2C1.O=C1CCn2cc(C#Cc3ccccc3)cc21. The Kier molecular flexibility index (Phi) is 7.38. The van der Waals surface area contributed by atoms with Gasteiger partial charge in [-0.15, -0.1) is 0 Å². The van der Waals surface area contributed by atoms with E-state index in [1.165, 1.54) is 0 Å². The fourth-order valence-corrected chi connectivity index (χ4v) is 4.68. The van der Waals surface area contributed by atoms with Crippen LogP contribution in [0.25, 0.3) is 0 Å². The van der Waals surface area contributed by atoms with E-state index in [0.717, 1.165) is 46.7 Å². The number of ketones is 2. The second-order valence-corrected chi connectivity index (χ2v) is 9.68. The van der Waals surface area contributed by atoms with Crippen molar-refractivity contribution in [2.45, 2.75) is 39.5 Å². The minimum absolute atomic E-state index is 0.182. The lowest BCUT2D eigenvalue weighted by molar-refractivity contribution is 0.0928. The molecule has 1 atom stereocenters. The molecule has 0 saturated carbocycles. The first kappa shape index (κ1) is 25.1. The summed E-state index contributed by atoms with van der Waals surface area (Å²) in [6.07, 6.45) is 5.11. The molecule has 4 heterocycles. The zero-order chi connectivity index (χ0) is 26.5. The van der Waals surface area contributed by atoms with Crippen molar-refractivity contribution in [3.8, 4) is 23.7 Å². The lowest BCUT2D eigenvalue weighted by Crippen LogP contribution is -2.22. The van der Waals surface area contributed by atoms with Gasteiger partial charge in [0.15, 0.2) is 11.6 Å². The van der Waals surface area contributed by atoms with Gasteiger partial charge in [-0.3, -0.25) is 9.59 Å². The third kappa shape index (κ3) is 5.85. The largest absolute Gasteiger partial charge is 0.344 e. The highest BCUT2D eigenvalue weighted by Crippen LogP contribution is 2.22. The molecule has 5 heteroatoms. The zero-order valence-electron chi connectivity index (χ0n) is 21.2. The third-order valence-corrected chi connectivity index (χ3v) is 6.54. The average Bonchev–Trinajstić information content (AvgIpc) is 3.63. The van der Waals surface area contributed by atoms with Gasteiger partial charge in [0.25, 0.3) is 0 Å². The topological polar surface area (TPSA) is 44.0 Å². The first-order valence-corrected chi connectivity index (χ1v) is 12.7. The second-order valence-electron chi connectivity index (χ2n) is 9.68. The molecule has 2 aromatic carbocycles. The molecular formula is C33H27FN2O2. The van der Waals surface area contributed by atoms with Crippen LogP contribution in [0.3, 0.4) is 0 Å². The molecule has 1 unspecified atom stereocenters.